The molecule has 75 heavy (non-hydrogen) atoms. The SMILES string of the molecule is CC1(C)c2ccccc2-c2cc3c4c(c21)-c1ccc2c(oc5ccccc52)c1N(c1ccc(-c2ccccc2)cc1)B4c1cc(C24CC5CC(CC(C5)C2)C4)cc2c4cc(C56CC7CC(CC(C7)C5)C6)ccc4n-3c12. The highest BCUT2D eigenvalue weighted by Gasteiger charge is 2.55. The van der Waals surface area contributed by atoms with Crippen LogP contribution in [0.25, 0.3) is 82.8 Å². The molecule has 4 heteroatoms. The summed E-state index contributed by atoms with van der Waals surface area (Å²) in [4.78, 5) is 2.78. The Balaban J connectivity index is 0.964. The number of benzene rings is 8. The molecule has 8 saturated carbocycles. The Morgan fingerprint density at radius 3 is 1.85 bits per heavy atom. The third-order valence-electron chi connectivity index (χ3n) is 22.4. The van der Waals surface area contributed by atoms with Crippen molar-refractivity contribution in [3.63, 3.8) is 0 Å². The summed E-state index contributed by atoms with van der Waals surface area (Å²) < 4.78 is 10.1. The van der Waals surface area contributed by atoms with E-state index in [0.717, 1.165) is 46.7 Å². The van der Waals surface area contributed by atoms with Gasteiger partial charge in [0.25, 0.3) is 0 Å². The van der Waals surface area contributed by atoms with E-state index in [9.17, 15) is 0 Å². The van der Waals surface area contributed by atoms with Crippen LogP contribution in [-0.2, 0) is 16.2 Å². The van der Waals surface area contributed by atoms with Gasteiger partial charge >= 0.3 is 6.85 Å². The van der Waals surface area contributed by atoms with Crippen LogP contribution in [0.3, 0.4) is 0 Å². The van der Waals surface area contributed by atoms with E-state index in [1.165, 1.54) is 182 Å². The van der Waals surface area contributed by atoms with Crippen molar-refractivity contribution in [1.29, 1.82) is 0 Å². The number of rotatable bonds is 4. The normalized spacial score (nSPS) is 28.5. The molecule has 2 aliphatic heterocycles. The van der Waals surface area contributed by atoms with E-state index in [4.69, 9.17) is 4.42 Å². The standard InChI is InChI=1S/C71H61BN2O/c1-69(2)58-14-8-6-12-51(58)56-33-61-65-63(64(56)69)54-22-21-53-52-13-7-9-15-62(52)75-68(53)67(54)74(50-19-16-47(17-20-50)46-10-4-3-5-11-46)72(65)59-32-49(71-37-43-27-44(38-71)29-45(28-43)39-71)31-57-55-30-48(18-23-60(55)73(61)66(57)59)70-34-40-24-41(35-70)26-42(25-40)36-70/h3-23,30-33,40-45H,24-29,34-39H2,1-2H3. The molecule has 8 bridgehead atoms. The van der Waals surface area contributed by atoms with Crippen molar-refractivity contribution in [3.8, 4) is 39.1 Å². The van der Waals surface area contributed by atoms with E-state index in [1.807, 2.05) is 0 Å². The first-order valence-corrected chi connectivity index (χ1v) is 29.1. The second-order valence-corrected chi connectivity index (χ2v) is 26.8. The van der Waals surface area contributed by atoms with Crippen LogP contribution in [0.2, 0.25) is 0 Å². The molecule has 4 heterocycles. The maximum Gasteiger partial charge on any atom is 0.333 e. The lowest BCUT2D eigenvalue weighted by atomic mass is 9.42. The Labute approximate surface area is 440 Å². The van der Waals surface area contributed by atoms with Crippen LogP contribution in [0.5, 0.6) is 0 Å². The molecular weight excluding hydrogens is 908 g/mol. The number of aromatic nitrogens is 1. The van der Waals surface area contributed by atoms with Crippen LogP contribution in [0.1, 0.15) is 113 Å². The molecule has 3 nitrogen and oxygen atoms in total. The molecule has 364 valence electrons. The summed E-state index contributed by atoms with van der Waals surface area (Å²) in [6, 6.07) is 59.8. The van der Waals surface area contributed by atoms with Gasteiger partial charge in [-0.15, -0.1) is 0 Å². The van der Waals surface area contributed by atoms with E-state index < -0.39 is 0 Å². The summed E-state index contributed by atoms with van der Waals surface area (Å²) in [5, 5.41) is 5.33. The van der Waals surface area contributed by atoms with E-state index in [2.05, 4.69) is 175 Å². The summed E-state index contributed by atoms with van der Waals surface area (Å²) >= 11 is 0. The maximum absolute atomic E-state index is 7.33. The van der Waals surface area contributed by atoms with Crippen molar-refractivity contribution in [1.82, 2.24) is 4.57 Å². The molecule has 0 amide bonds. The molecule has 0 saturated heterocycles. The highest BCUT2D eigenvalue weighted by molar-refractivity contribution is 6.94. The molecule has 8 aromatic carbocycles. The fourth-order valence-corrected chi connectivity index (χ4v) is 20.4. The van der Waals surface area contributed by atoms with Crippen LogP contribution in [0.15, 0.2) is 156 Å². The van der Waals surface area contributed by atoms with Gasteiger partial charge in [0.05, 0.1) is 16.7 Å². The lowest BCUT2D eigenvalue weighted by Gasteiger charge is -2.57. The monoisotopic (exact) mass is 968 g/mol. The minimum Gasteiger partial charge on any atom is -0.454 e. The van der Waals surface area contributed by atoms with Crippen molar-refractivity contribution in [2.24, 2.45) is 35.5 Å². The Morgan fingerprint density at radius 1 is 0.507 bits per heavy atom. The minimum absolute atomic E-state index is 0.107. The van der Waals surface area contributed by atoms with Gasteiger partial charge in [-0.05, 0) is 233 Å². The minimum atomic E-state index is -0.234. The summed E-state index contributed by atoms with van der Waals surface area (Å²) in [6.45, 7) is 4.89. The number of hydrogen-bond acceptors (Lipinski definition) is 2. The predicted molar refractivity (Wildman–Crippen MR) is 310 cm³/mol. The average Bonchev–Trinajstić information content (AvgIpc) is 4.22. The van der Waals surface area contributed by atoms with Gasteiger partial charge in [0.1, 0.15) is 5.58 Å². The van der Waals surface area contributed by atoms with Gasteiger partial charge < -0.3 is 13.8 Å². The van der Waals surface area contributed by atoms with Crippen LogP contribution in [-0.4, -0.2) is 11.4 Å². The van der Waals surface area contributed by atoms with Gasteiger partial charge in [0, 0.05) is 43.9 Å². The van der Waals surface area contributed by atoms with Crippen molar-refractivity contribution in [2.45, 2.75) is 107 Å². The molecule has 21 rings (SSSR count). The fraction of sp³-hybridized carbons (Fsp3) is 0.324. The summed E-state index contributed by atoms with van der Waals surface area (Å²) in [7, 11) is 0. The molecule has 0 N–H and O–H groups in total. The van der Waals surface area contributed by atoms with E-state index in [0.29, 0.717) is 5.41 Å². The van der Waals surface area contributed by atoms with Gasteiger partial charge in [0.2, 0.25) is 0 Å². The van der Waals surface area contributed by atoms with E-state index in [-0.39, 0.29) is 17.7 Å². The van der Waals surface area contributed by atoms with E-state index >= 15 is 0 Å². The average molecular weight is 969 g/mol. The Bertz CT molecular complexity index is 4120. The zero-order valence-electron chi connectivity index (χ0n) is 43.3. The smallest absolute Gasteiger partial charge is 0.333 e. The summed E-state index contributed by atoms with van der Waals surface area (Å²) in [6.07, 6.45) is 16.9. The number of para-hydroxylation sites is 1. The van der Waals surface area contributed by atoms with E-state index in [1.54, 1.807) is 11.1 Å². The number of fused-ring (bicyclic) bond motifs is 15. The van der Waals surface area contributed by atoms with Crippen LogP contribution >= 0.6 is 0 Å². The third kappa shape index (κ3) is 5.26. The zero-order valence-corrected chi connectivity index (χ0v) is 43.3. The van der Waals surface area contributed by atoms with Crippen LogP contribution < -0.4 is 15.7 Å². The van der Waals surface area contributed by atoms with Crippen molar-refractivity contribution < 1.29 is 4.42 Å². The topological polar surface area (TPSA) is 21.3 Å². The second-order valence-electron chi connectivity index (χ2n) is 26.8. The molecule has 0 spiro atoms. The van der Waals surface area contributed by atoms with Gasteiger partial charge in [-0.3, -0.25) is 0 Å². The zero-order chi connectivity index (χ0) is 48.8. The van der Waals surface area contributed by atoms with Gasteiger partial charge in [0.15, 0.2) is 5.58 Å². The maximum atomic E-state index is 7.33. The van der Waals surface area contributed by atoms with Crippen molar-refractivity contribution >= 4 is 72.9 Å². The lowest BCUT2D eigenvalue weighted by molar-refractivity contribution is -0.00526. The molecule has 0 radical (unpaired) electrons. The molecule has 0 unspecified atom stereocenters. The first kappa shape index (κ1) is 41.5. The molecule has 9 aliphatic carbocycles. The van der Waals surface area contributed by atoms with Crippen molar-refractivity contribution in [2.75, 3.05) is 4.81 Å². The highest BCUT2D eigenvalue weighted by Crippen LogP contribution is 2.64. The molecule has 11 aliphatic rings. The molecule has 8 fully saturated rings. The number of furan rings is 1. The first-order valence-electron chi connectivity index (χ1n) is 29.1. The highest BCUT2D eigenvalue weighted by atomic mass is 16.3. The quantitative estimate of drug-likeness (QED) is 0.164. The Hall–Kier alpha value is -6.78. The largest absolute Gasteiger partial charge is 0.454 e. The predicted octanol–water partition coefficient (Wildman–Crippen LogP) is 16.8. The Morgan fingerprint density at radius 2 is 1.13 bits per heavy atom. The fourth-order valence-electron chi connectivity index (χ4n) is 20.4. The summed E-state index contributed by atoms with van der Waals surface area (Å²) in [5.74, 6) is 5.27. The molecular formula is C71H61BN2O. The molecule has 10 aromatic rings. The number of nitrogens with zero attached hydrogens (tertiary/aromatic N) is 2. The lowest BCUT2D eigenvalue weighted by Crippen LogP contribution is -2.61. The number of hydrogen-bond donors (Lipinski definition) is 0. The Kier molecular flexibility index (Phi) is 7.73. The van der Waals surface area contributed by atoms with Gasteiger partial charge in [-0.25, -0.2) is 0 Å². The van der Waals surface area contributed by atoms with Crippen LogP contribution in [0.4, 0.5) is 11.4 Å². The molecule has 2 aromatic heterocycles. The van der Waals surface area contributed by atoms with Crippen molar-refractivity contribution in [3.05, 3.63) is 174 Å². The number of anilines is 2. The third-order valence-corrected chi connectivity index (χ3v) is 22.4. The van der Waals surface area contributed by atoms with Gasteiger partial charge in [-0.2, -0.15) is 0 Å². The first-order chi connectivity index (χ1) is 36.8. The second kappa shape index (κ2) is 14.0. The summed E-state index contributed by atoms with van der Waals surface area (Å²) in [5.41, 5.74) is 25.8. The molecule has 0 atom stereocenters. The van der Waals surface area contributed by atoms with Gasteiger partial charge in [-0.1, -0.05) is 117 Å². The van der Waals surface area contributed by atoms with Crippen LogP contribution in [0, 0.1) is 35.5 Å².